The summed E-state index contributed by atoms with van der Waals surface area (Å²) in [5.74, 6) is 0.166. The van der Waals surface area contributed by atoms with Crippen molar-refractivity contribution < 1.29 is 14.6 Å². The summed E-state index contributed by atoms with van der Waals surface area (Å²) in [7, 11) is 0. The van der Waals surface area contributed by atoms with Crippen LogP contribution in [0.2, 0.25) is 5.02 Å². The quantitative estimate of drug-likeness (QED) is 0.838. The molecule has 1 N–H and O–H groups in total. The molecule has 1 aromatic carbocycles. The van der Waals surface area contributed by atoms with E-state index < -0.39 is 11.2 Å². The van der Waals surface area contributed by atoms with Crippen molar-refractivity contribution in [2.24, 2.45) is 0 Å². The van der Waals surface area contributed by atoms with Crippen LogP contribution in [0.4, 0.5) is 0 Å². The lowest BCUT2D eigenvalue weighted by atomic mass is 9.81. The van der Waals surface area contributed by atoms with Crippen molar-refractivity contribution in [3.05, 3.63) is 52.5 Å². The van der Waals surface area contributed by atoms with Crippen LogP contribution in [0.25, 0.3) is 17.0 Å². The molecule has 0 saturated heterocycles. The molecule has 1 aliphatic rings. The summed E-state index contributed by atoms with van der Waals surface area (Å²) in [6.45, 7) is 8.82. The van der Waals surface area contributed by atoms with E-state index in [0.717, 1.165) is 11.1 Å². The van der Waals surface area contributed by atoms with E-state index in [2.05, 4.69) is 9.97 Å². The summed E-state index contributed by atoms with van der Waals surface area (Å²) in [5.41, 5.74) is 0.520. The number of hydrogen-bond acceptors (Lipinski definition) is 5. The number of carbonyl (C=O) groups excluding carboxylic acids is 1. The number of ketones is 1. The zero-order chi connectivity index (χ0) is 19.3. The predicted molar refractivity (Wildman–Crippen MR) is 101 cm³/mol. The molecule has 0 unspecified atom stereocenters. The van der Waals surface area contributed by atoms with Crippen molar-refractivity contribution in [1.82, 2.24) is 9.97 Å². The van der Waals surface area contributed by atoms with Gasteiger partial charge in [-0.05, 0) is 51.8 Å². The molecule has 26 heavy (non-hydrogen) atoms. The summed E-state index contributed by atoms with van der Waals surface area (Å²) in [5, 5.41) is 11.2. The summed E-state index contributed by atoms with van der Waals surface area (Å²) in [6.07, 6.45) is 3.04. The van der Waals surface area contributed by atoms with E-state index in [0.29, 0.717) is 16.4 Å². The van der Waals surface area contributed by atoms with Crippen molar-refractivity contribution >= 4 is 23.0 Å². The third-order valence-electron chi connectivity index (χ3n) is 4.48. The number of carbonyl (C=O) groups is 1. The summed E-state index contributed by atoms with van der Waals surface area (Å²) in [4.78, 5) is 21.5. The molecule has 136 valence electrons. The van der Waals surface area contributed by atoms with Gasteiger partial charge in [0.15, 0.2) is 11.6 Å². The van der Waals surface area contributed by atoms with Crippen LogP contribution in [0.1, 0.15) is 38.8 Å². The highest BCUT2D eigenvalue weighted by Gasteiger charge is 2.47. The molecule has 0 atom stereocenters. The smallest absolute Gasteiger partial charge is 0.198 e. The van der Waals surface area contributed by atoms with Gasteiger partial charge >= 0.3 is 0 Å². The van der Waals surface area contributed by atoms with Gasteiger partial charge in [-0.1, -0.05) is 23.7 Å². The van der Waals surface area contributed by atoms with Crippen molar-refractivity contribution in [2.45, 2.75) is 45.8 Å². The van der Waals surface area contributed by atoms with E-state index in [1.807, 2.05) is 25.1 Å². The first kappa shape index (κ1) is 18.5. The van der Waals surface area contributed by atoms with Crippen molar-refractivity contribution in [1.29, 1.82) is 0 Å². The highest BCUT2D eigenvalue weighted by molar-refractivity contribution is 6.30. The largest absolute Gasteiger partial charge is 0.508 e. The molecule has 5 nitrogen and oxygen atoms in total. The number of rotatable bonds is 2. The number of Topliss-reactive ketones (excluding diaryl/α,β-unsaturated/α-hetero) is 1. The van der Waals surface area contributed by atoms with E-state index in [1.165, 1.54) is 12.4 Å². The van der Waals surface area contributed by atoms with Crippen LogP contribution in [0.5, 0.6) is 0 Å². The van der Waals surface area contributed by atoms with E-state index in [1.54, 1.807) is 27.7 Å². The Morgan fingerprint density at radius 1 is 1.08 bits per heavy atom. The minimum atomic E-state index is -1.04. The zero-order valence-corrected chi connectivity index (χ0v) is 16.2. The summed E-state index contributed by atoms with van der Waals surface area (Å²) >= 11 is 5.85. The van der Waals surface area contributed by atoms with E-state index >= 15 is 0 Å². The molecule has 0 bridgehead atoms. The number of ether oxygens (including phenoxy) is 1. The maximum atomic E-state index is 13.0. The Morgan fingerprint density at radius 2 is 1.69 bits per heavy atom. The van der Waals surface area contributed by atoms with Gasteiger partial charge in [-0.2, -0.15) is 0 Å². The number of halogens is 1. The second-order valence-electron chi connectivity index (χ2n) is 7.43. The third-order valence-corrected chi connectivity index (χ3v) is 4.67. The molecule has 0 amide bonds. The Labute approximate surface area is 157 Å². The van der Waals surface area contributed by atoms with E-state index in [4.69, 9.17) is 16.3 Å². The predicted octanol–water partition coefficient (Wildman–Crippen LogP) is 4.53. The number of aliphatic hydroxyl groups is 1. The van der Waals surface area contributed by atoms with Crippen LogP contribution in [0, 0.1) is 6.92 Å². The molecule has 0 fully saturated rings. The third kappa shape index (κ3) is 3.13. The highest BCUT2D eigenvalue weighted by Crippen LogP contribution is 2.41. The van der Waals surface area contributed by atoms with Gasteiger partial charge in [0.1, 0.15) is 17.0 Å². The van der Waals surface area contributed by atoms with Crippen LogP contribution in [0.3, 0.4) is 0 Å². The van der Waals surface area contributed by atoms with Gasteiger partial charge in [0.2, 0.25) is 0 Å². The molecular formula is C20H21ClN2O3. The lowest BCUT2D eigenvalue weighted by molar-refractivity contribution is -0.158. The number of nitrogens with zero attached hydrogens (tertiary/aromatic N) is 2. The first-order valence-electron chi connectivity index (χ1n) is 8.30. The normalized spacial score (nSPS) is 18.9. The number of aromatic nitrogens is 2. The van der Waals surface area contributed by atoms with Crippen LogP contribution in [0.15, 0.2) is 36.4 Å². The molecule has 1 aliphatic heterocycles. The van der Waals surface area contributed by atoms with Crippen molar-refractivity contribution in [3.63, 3.8) is 0 Å². The minimum absolute atomic E-state index is 0.0703. The fourth-order valence-corrected chi connectivity index (χ4v) is 3.28. The van der Waals surface area contributed by atoms with Crippen LogP contribution in [-0.4, -0.2) is 32.1 Å². The number of aryl methyl sites for hydroxylation is 1. The van der Waals surface area contributed by atoms with Crippen LogP contribution < -0.4 is 0 Å². The lowest BCUT2D eigenvalue weighted by Gasteiger charge is -2.40. The molecule has 3 rings (SSSR count). The van der Waals surface area contributed by atoms with Gasteiger partial charge in [0, 0.05) is 18.0 Å². The molecule has 0 saturated carbocycles. The first-order chi connectivity index (χ1) is 12.0. The average molecular weight is 373 g/mol. The molecule has 6 heteroatoms. The van der Waals surface area contributed by atoms with Gasteiger partial charge in [-0.25, -0.2) is 9.97 Å². The molecule has 0 aliphatic carbocycles. The lowest BCUT2D eigenvalue weighted by Crippen LogP contribution is -2.49. The Hall–Kier alpha value is -2.24. The highest BCUT2D eigenvalue weighted by atomic mass is 35.5. The van der Waals surface area contributed by atoms with E-state index in [9.17, 15) is 9.90 Å². The van der Waals surface area contributed by atoms with Gasteiger partial charge in [-0.15, -0.1) is 0 Å². The van der Waals surface area contributed by atoms with Gasteiger partial charge in [0.05, 0.1) is 10.6 Å². The maximum absolute atomic E-state index is 13.0. The minimum Gasteiger partial charge on any atom is -0.508 e. The Morgan fingerprint density at radius 3 is 2.31 bits per heavy atom. The Balaban J connectivity index is 2.21. The summed E-state index contributed by atoms with van der Waals surface area (Å²) in [6, 6.07) is 5.57. The number of benzene rings is 1. The monoisotopic (exact) mass is 372 g/mol. The fraction of sp³-hybridized carbons (Fsp3) is 0.350. The van der Waals surface area contributed by atoms with Gasteiger partial charge in [0.25, 0.3) is 0 Å². The fourth-order valence-electron chi connectivity index (χ4n) is 3.18. The maximum Gasteiger partial charge on any atom is 0.198 e. The van der Waals surface area contributed by atoms with Crippen LogP contribution in [-0.2, 0) is 9.53 Å². The topological polar surface area (TPSA) is 72.3 Å². The first-order valence-corrected chi connectivity index (χ1v) is 8.68. The van der Waals surface area contributed by atoms with E-state index in [-0.39, 0.29) is 17.1 Å². The summed E-state index contributed by atoms with van der Waals surface area (Å²) < 4.78 is 5.81. The second-order valence-corrected chi connectivity index (χ2v) is 7.87. The molecule has 0 spiro atoms. The van der Waals surface area contributed by atoms with Crippen molar-refractivity contribution in [3.8, 4) is 11.4 Å². The number of hydrogen-bond donors (Lipinski definition) is 1. The van der Waals surface area contributed by atoms with Gasteiger partial charge < -0.3 is 9.84 Å². The second kappa shape index (κ2) is 6.18. The average Bonchev–Trinajstić information content (AvgIpc) is 2.55. The molecule has 2 aromatic rings. The molecular weight excluding hydrogens is 352 g/mol. The Bertz CT molecular complexity index is 915. The Kier molecular flexibility index (Phi) is 4.41. The molecule has 2 heterocycles. The zero-order valence-electron chi connectivity index (χ0n) is 15.4. The van der Waals surface area contributed by atoms with Gasteiger partial charge in [-0.3, -0.25) is 4.79 Å². The van der Waals surface area contributed by atoms with Crippen molar-refractivity contribution in [2.75, 3.05) is 0 Å². The SMILES string of the molecule is Cc1ccc(-c2ncc(Cl)cn2)cc1C1=C(O)C(C)(C)OC(C)(C)C1=O. The number of aliphatic hydroxyl groups excluding tert-OH is 1. The van der Waals surface area contributed by atoms with Crippen LogP contribution >= 0.6 is 11.6 Å². The molecule has 0 radical (unpaired) electrons. The standard InChI is InChI=1S/C20H21ClN2O3/c1-11-6-7-12(18-22-9-13(21)10-23-18)8-14(11)15-16(24)19(2,3)26-20(4,5)17(15)25/h6-10,24H,1-5H3. The molecule has 1 aromatic heterocycles.